The standard InChI is InChI=1S/C23H21N3O6/c1-30-20-6-4-3-5-19(20)23(27)25-24-14-17-9-12-21(22(13-17)31-2)32-15-16-7-10-18(11-8-16)26(28)29/h3-14H,15H2,1-2H3,(H,25,27). The first-order valence-corrected chi connectivity index (χ1v) is 9.52. The van der Waals surface area contributed by atoms with Crippen molar-refractivity contribution in [3.8, 4) is 17.2 Å². The van der Waals surface area contributed by atoms with Gasteiger partial charge >= 0.3 is 0 Å². The molecule has 0 heterocycles. The maximum absolute atomic E-state index is 12.3. The number of carbonyl (C=O) groups is 1. The van der Waals surface area contributed by atoms with Crippen molar-refractivity contribution in [2.75, 3.05) is 14.2 Å². The number of carbonyl (C=O) groups excluding carboxylic acids is 1. The lowest BCUT2D eigenvalue weighted by Gasteiger charge is -2.11. The molecule has 32 heavy (non-hydrogen) atoms. The molecule has 3 rings (SSSR count). The highest BCUT2D eigenvalue weighted by molar-refractivity contribution is 5.97. The summed E-state index contributed by atoms with van der Waals surface area (Å²) in [6, 6.07) is 18.2. The molecule has 1 N–H and O–H groups in total. The highest BCUT2D eigenvalue weighted by Crippen LogP contribution is 2.28. The van der Waals surface area contributed by atoms with Gasteiger partial charge in [-0.05, 0) is 53.6 Å². The molecule has 0 aliphatic carbocycles. The van der Waals surface area contributed by atoms with Gasteiger partial charge in [0.25, 0.3) is 11.6 Å². The average Bonchev–Trinajstić information content (AvgIpc) is 2.83. The fourth-order valence-corrected chi connectivity index (χ4v) is 2.82. The Morgan fingerprint density at radius 2 is 1.72 bits per heavy atom. The van der Waals surface area contributed by atoms with Gasteiger partial charge in [-0.25, -0.2) is 5.43 Å². The number of hydrogen-bond donors (Lipinski definition) is 1. The van der Waals surface area contributed by atoms with Crippen molar-refractivity contribution in [3.63, 3.8) is 0 Å². The minimum atomic E-state index is -0.452. The normalized spacial score (nSPS) is 10.6. The minimum absolute atomic E-state index is 0.0211. The molecule has 164 valence electrons. The molecule has 9 heteroatoms. The predicted molar refractivity (Wildman–Crippen MR) is 118 cm³/mol. The van der Waals surface area contributed by atoms with Gasteiger partial charge in [-0.1, -0.05) is 12.1 Å². The van der Waals surface area contributed by atoms with Crippen LogP contribution in [-0.4, -0.2) is 31.3 Å². The third kappa shape index (κ3) is 5.60. The molecule has 1 amide bonds. The van der Waals surface area contributed by atoms with E-state index in [4.69, 9.17) is 14.2 Å². The Morgan fingerprint density at radius 1 is 1.00 bits per heavy atom. The Bertz CT molecular complexity index is 1130. The van der Waals surface area contributed by atoms with E-state index < -0.39 is 10.8 Å². The van der Waals surface area contributed by atoms with Crippen LogP contribution in [0.5, 0.6) is 17.2 Å². The summed E-state index contributed by atoms with van der Waals surface area (Å²) in [5, 5.41) is 14.7. The third-order valence-corrected chi connectivity index (χ3v) is 4.46. The van der Waals surface area contributed by atoms with Crippen molar-refractivity contribution >= 4 is 17.8 Å². The van der Waals surface area contributed by atoms with E-state index in [0.717, 1.165) is 5.56 Å². The number of non-ortho nitro benzene ring substituents is 1. The van der Waals surface area contributed by atoms with Crippen LogP contribution < -0.4 is 19.6 Å². The second-order valence-corrected chi connectivity index (χ2v) is 6.52. The molecule has 0 bridgehead atoms. The van der Waals surface area contributed by atoms with Gasteiger partial charge in [-0.3, -0.25) is 14.9 Å². The molecule has 0 aromatic heterocycles. The first-order valence-electron chi connectivity index (χ1n) is 9.52. The summed E-state index contributed by atoms with van der Waals surface area (Å²) < 4.78 is 16.3. The summed E-state index contributed by atoms with van der Waals surface area (Å²) in [7, 11) is 3.01. The highest BCUT2D eigenvalue weighted by Gasteiger charge is 2.11. The van der Waals surface area contributed by atoms with Crippen LogP contribution in [0.25, 0.3) is 0 Å². The number of nitro groups is 1. The van der Waals surface area contributed by atoms with Crippen LogP contribution in [0.1, 0.15) is 21.5 Å². The van der Waals surface area contributed by atoms with Crippen molar-refractivity contribution in [3.05, 3.63) is 93.5 Å². The van der Waals surface area contributed by atoms with Crippen molar-refractivity contribution in [1.82, 2.24) is 5.43 Å². The van der Waals surface area contributed by atoms with Crippen LogP contribution in [0.3, 0.4) is 0 Å². The molecule has 0 spiro atoms. The van der Waals surface area contributed by atoms with E-state index in [1.165, 1.54) is 32.6 Å². The zero-order valence-electron chi connectivity index (χ0n) is 17.5. The molecule has 0 saturated heterocycles. The maximum atomic E-state index is 12.3. The number of para-hydroxylation sites is 1. The summed E-state index contributed by atoms with van der Waals surface area (Å²) >= 11 is 0. The Balaban J connectivity index is 1.63. The molecule has 0 radical (unpaired) electrons. The number of methoxy groups -OCH3 is 2. The zero-order chi connectivity index (χ0) is 22.9. The number of hydrogen-bond acceptors (Lipinski definition) is 7. The fourth-order valence-electron chi connectivity index (χ4n) is 2.82. The van der Waals surface area contributed by atoms with Crippen LogP contribution in [-0.2, 0) is 6.61 Å². The van der Waals surface area contributed by atoms with Crippen LogP contribution in [0.4, 0.5) is 5.69 Å². The molecule has 0 fully saturated rings. The van der Waals surface area contributed by atoms with Crippen LogP contribution in [0.2, 0.25) is 0 Å². The first-order chi connectivity index (χ1) is 15.5. The monoisotopic (exact) mass is 435 g/mol. The highest BCUT2D eigenvalue weighted by atomic mass is 16.6. The number of nitro benzene ring substituents is 1. The molecule has 0 saturated carbocycles. The van der Waals surface area contributed by atoms with Gasteiger partial charge < -0.3 is 14.2 Å². The number of hydrazone groups is 1. The Hall–Kier alpha value is -4.40. The Morgan fingerprint density at radius 3 is 2.41 bits per heavy atom. The summed E-state index contributed by atoms with van der Waals surface area (Å²) in [6.45, 7) is 0.219. The Labute approximate surface area is 184 Å². The summed E-state index contributed by atoms with van der Waals surface area (Å²) in [5.41, 5.74) is 4.32. The van der Waals surface area contributed by atoms with Crippen molar-refractivity contribution in [2.45, 2.75) is 6.61 Å². The molecule has 3 aromatic rings. The summed E-state index contributed by atoms with van der Waals surface area (Å²) in [6.07, 6.45) is 1.48. The van der Waals surface area contributed by atoms with E-state index >= 15 is 0 Å². The molecule has 0 unspecified atom stereocenters. The number of amides is 1. The Kier molecular flexibility index (Phi) is 7.37. The van der Waals surface area contributed by atoms with Gasteiger partial charge in [-0.15, -0.1) is 0 Å². The first kappa shape index (κ1) is 22.3. The smallest absolute Gasteiger partial charge is 0.275 e. The molecule has 0 aliphatic rings. The van der Waals surface area contributed by atoms with E-state index in [0.29, 0.717) is 28.4 Å². The van der Waals surface area contributed by atoms with Crippen molar-refractivity contribution in [2.24, 2.45) is 5.10 Å². The minimum Gasteiger partial charge on any atom is -0.496 e. The van der Waals surface area contributed by atoms with E-state index in [2.05, 4.69) is 10.5 Å². The maximum Gasteiger partial charge on any atom is 0.275 e. The quantitative estimate of drug-likeness (QED) is 0.309. The molecule has 3 aromatic carbocycles. The summed E-state index contributed by atoms with van der Waals surface area (Å²) in [5.74, 6) is 1.04. The topological polar surface area (TPSA) is 112 Å². The van der Waals surface area contributed by atoms with Gasteiger partial charge in [0.15, 0.2) is 11.5 Å². The number of ether oxygens (including phenoxy) is 3. The summed E-state index contributed by atoms with van der Waals surface area (Å²) in [4.78, 5) is 22.6. The van der Waals surface area contributed by atoms with E-state index in [1.807, 2.05) is 0 Å². The lowest BCUT2D eigenvalue weighted by atomic mass is 10.2. The van der Waals surface area contributed by atoms with Crippen LogP contribution >= 0.6 is 0 Å². The van der Waals surface area contributed by atoms with Gasteiger partial charge in [0.05, 0.1) is 30.9 Å². The number of nitrogens with one attached hydrogen (secondary N) is 1. The second kappa shape index (κ2) is 10.6. The van der Waals surface area contributed by atoms with Gasteiger partial charge in [0.1, 0.15) is 12.4 Å². The van der Waals surface area contributed by atoms with E-state index in [9.17, 15) is 14.9 Å². The van der Waals surface area contributed by atoms with Crippen molar-refractivity contribution in [1.29, 1.82) is 0 Å². The number of rotatable bonds is 9. The molecule has 0 atom stereocenters. The van der Waals surface area contributed by atoms with E-state index in [-0.39, 0.29) is 12.3 Å². The van der Waals surface area contributed by atoms with Gasteiger partial charge in [0, 0.05) is 12.1 Å². The molecule has 0 aliphatic heterocycles. The molecular formula is C23H21N3O6. The second-order valence-electron chi connectivity index (χ2n) is 6.52. The predicted octanol–water partition coefficient (Wildman–Crippen LogP) is 3.95. The number of nitrogens with zero attached hydrogens (tertiary/aromatic N) is 2. The average molecular weight is 435 g/mol. The lowest BCUT2D eigenvalue weighted by molar-refractivity contribution is -0.384. The van der Waals surface area contributed by atoms with Gasteiger partial charge in [0.2, 0.25) is 0 Å². The van der Waals surface area contributed by atoms with E-state index in [1.54, 1.807) is 54.6 Å². The van der Waals surface area contributed by atoms with Crippen molar-refractivity contribution < 1.29 is 23.9 Å². The SMILES string of the molecule is COc1cc(C=NNC(=O)c2ccccc2OC)ccc1OCc1ccc([N+](=O)[O-])cc1. The largest absolute Gasteiger partial charge is 0.496 e. The van der Waals surface area contributed by atoms with Crippen LogP contribution in [0, 0.1) is 10.1 Å². The van der Waals surface area contributed by atoms with Gasteiger partial charge in [-0.2, -0.15) is 5.10 Å². The molecule has 9 nitrogen and oxygen atoms in total. The van der Waals surface area contributed by atoms with Crippen LogP contribution in [0.15, 0.2) is 71.8 Å². The number of benzene rings is 3. The molecular weight excluding hydrogens is 414 g/mol. The lowest BCUT2D eigenvalue weighted by Crippen LogP contribution is -2.18. The third-order valence-electron chi connectivity index (χ3n) is 4.46. The fraction of sp³-hybridized carbons (Fsp3) is 0.130. The zero-order valence-corrected chi connectivity index (χ0v) is 17.5.